The summed E-state index contributed by atoms with van der Waals surface area (Å²) in [6.45, 7) is 3.02. The topological polar surface area (TPSA) is 40.4 Å². The van der Waals surface area contributed by atoms with Gasteiger partial charge in [0.2, 0.25) is 0 Å². The summed E-state index contributed by atoms with van der Waals surface area (Å²) in [5.74, 6) is 0. The Bertz CT molecular complexity index is 832. The smallest absolute Gasteiger partial charge is 0.0843 e. The number of aromatic nitrogens is 1. The van der Waals surface area contributed by atoms with Crippen molar-refractivity contribution >= 4 is 45.0 Å². The number of halogens is 2. The molecule has 6 heteroatoms. The van der Waals surface area contributed by atoms with E-state index in [2.05, 4.69) is 28.9 Å². The van der Waals surface area contributed by atoms with E-state index >= 15 is 0 Å². The summed E-state index contributed by atoms with van der Waals surface area (Å²) in [4.78, 5) is 2.16. The molecule has 4 nitrogen and oxygen atoms in total. The van der Waals surface area contributed by atoms with Crippen LogP contribution in [0.1, 0.15) is 6.42 Å². The van der Waals surface area contributed by atoms with E-state index in [9.17, 15) is 5.11 Å². The van der Waals surface area contributed by atoms with E-state index in [1.54, 1.807) is 0 Å². The molecule has 0 aliphatic rings. The highest BCUT2D eigenvalue weighted by atomic mass is 35.5. The molecule has 0 unspecified atom stereocenters. The average molecular weight is 394 g/mol. The molecule has 2 N–H and O–H groups in total. The number of nitrogens with zero attached hydrogens (tertiary/aromatic N) is 2. The van der Waals surface area contributed by atoms with Crippen LogP contribution in [0.15, 0.2) is 36.4 Å². The van der Waals surface area contributed by atoms with Gasteiger partial charge in [-0.1, -0.05) is 23.2 Å². The minimum Gasteiger partial charge on any atom is -0.390 e. The van der Waals surface area contributed by atoms with E-state index in [1.165, 1.54) is 0 Å². The first-order valence-corrected chi connectivity index (χ1v) is 9.62. The fourth-order valence-electron chi connectivity index (χ4n) is 3.31. The lowest BCUT2D eigenvalue weighted by atomic mass is 10.1. The van der Waals surface area contributed by atoms with Gasteiger partial charge in [-0.15, -0.1) is 0 Å². The maximum atomic E-state index is 10.5. The van der Waals surface area contributed by atoms with Crippen molar-refractivity contribution in [1.82, 2.24) is 14.8 Å². The Kier molecular flexibility index (Phi) is 6.43. The van der Waals surface area contributed by atoms with Crippen molar-refractivity contribution in [2.75, 3.05) is 33.7 Å². The highest BCUT2D eigenvalue weighted by Gasteiger charge is 2.14. The van der Waals surface area contributed by atoms with E-state index < -0.39 is 6.10 Å². The number of nitrogens with one attached hydrogen (secondary N) is 1. The quantitative estimate of drug-likeness (QED) is 0.568. The molecule has 0 bridgehead atoms. The zero-order chi connectivity index (χ0) is 18.7. The summed E-state index contributed by atoms with van der Waals surface area (Å²) in [5.41, 5.74) is 2.11. The van der Waals surface area contributed by atoms with Crippen molar-refractivity contribution in [2.24, 2.45) is 0 Å². The summed E-state index contributed by atoms with van der Waals surface area (Å²) < 4.78 is 2.14. The van der Waals surface area contributed by atoms with Gasteiger partial charge in [-0.05, 0) is 70.0 Å². The van der Waals surface area contributed by atoms with Crippen LogP contribution in [0.2, 0.25) is 10.0 Å². The second kappa shape index (κ2) is 8.59. The lowest BCUT2D eigenvalue weighted by Gasteiger charge is -2.15. The van der Waals surface area contributed by atoms with Crippen LogP contribution in [0, 0.1) is 0 Å². The normalized spacial score (nSPS) is 13.2. The highest BCUT2D eigenvalue weighted by Crippen LogP contribution is 2.32. The Hall–Kier alpha value is -1.30. The molecule has 1 aromatic heterocycles. The molecule has 0 aliphatic heterocycles. The Morgan fingerprint density at radius 3 is 2.15 bits per heavy atom. The second-order valence-corrected chi connectivity index (χ2v) is 7.82. The second-order valence-electron chi connectivity index (χ2n) is 6.95. The molecule has 0 radical (unpaired) electrons. The van der Waals surface area contributed by atoms with Gasteiger partial charge in [0.15, 0.2) is 0 Å². The SMILES string of the molecule is CN(C)CCCNC[C@H](O)Cn1c2ccc(Cl)cc2c2cc(Cl)ccc21. The Balaban J connectivity index is 1.78. The number of hydrogen-bond acceptors (Lipinski definition) is 3. The van der Waals surface area contributed by atoms with Crippen LogP contribution in [0.3, 0.4) is 0 Å². The van der Waals surface area contributed by atoms with Gasteiger partial charge >= 0.3 is 0 Å². The van der Waals surface area contributed by atoms with Crippen LogP contribution in [-0.4, -0.2) is 54.4 Å². The molecule has 1 heterocycles. The van der Waals surface area contributed by atoms with E-state index in [-0.39, 0.29) is 0 Å². The molecular weight excluding hydrogens is 369 g/mol. The van der Waals surface area contributed by atoms with Gasteiger partial charge in [-0.2, -0.15) is 0 Å². The Morgan fingerprint density at radius 1 is 1.04 bits per heavy atom. The zero-order valence-corrected chi connectivity index (χ0v) is 16.7. The first-order chi connectivity index (χ1) is 12.5. The largest absolute Gasteiger partial charge is 0.390 e. The predicted molar refractivity (Wildman–Crippen MR) is 112 cm³/mol. The van der Waals surface area contributed by atoms with Gasteiger partial charge in [0, 0.05) is 38.4 Å². The third kappa shape index (κ3) is 4.51. The minimum absolute atomic E-state index is 0.473. The summed E-state index contributed by atoms with van der Waals surface area (Å²) in [5, 5.41) is 17.3. The zero-order valence-electron chi connectivity index (χ0n) is 15.2. The first kappa shape index (κ1) is 19.5. The Labute approximate surface area is 164 Å². The number of aliphatic hydroxyl groups excluding tert-OH is 1. The van der Waals surface area contributed by atoms with Crippen molar-refractivity contribution in [1.29, 1.82) is 0 Å². The molecule has 0 saturated heterocycles. The lowest BCUT2D eigenvalue weighted by molar-refractivity contribution is 0.154. The minimum atomic E-state index is -0.473. The van der Waals surface area contributed by atoms with Crippen molar-refractivity contribution < 1.29 is 5.11 Å². The average Bonchev–Trinajstić information content (AvgIpc) is 2.87. The molecule has 0 spiro atoms. The molecule has 1 atom stereocenters. The van der Waals surface area contributed by atoms with E-state index in [0.29, 0.717) is 23.1 Å². The molecule has 3 rings (SSSR count). The molecule has 26 heavy (non-hydrogen) atoms. The molecule has 2 aromatic carbocycles. The summed E-state index contributed by atoms with van der Waals surface area (Å²) >= 11 is 12.4. The van der Waals surface area contributed by atoms with Crippen LogP contribution in [0.25, 0.3) is 21.8 Å². The van der Waals surface area contributed by atoms with E-state index in [0.717, 1.165) is 41.3 Å². The molecule has 0 saturated carbocycles. The lowest BCUT2D eigenvalue weighted by Crippen LogP contribution is -2.31. The van der Waals surface area contributed by atoms with Gasteiger partial charge in [0.25, 0.3) is 0 Å². The third-order valence-corrected chi connectivity index (χ3v) is 4.99. The van der Waals surface area contributed by atoms with E-state index in [4.69, 9.17) is 23.2 Å². The summed E-state index contributed by atoms with van der Waals surface area (Å²) in [6, 6.07) is 11.7. The summed E-state index contributed by atoms with van der Waals surface area (Å²) in [6.07, 6.45) is 0.589. The van der Waals surface area contributed by atoms with Gasteiger partial charge in [-0.25, -0.2) is 0 Å². The van der Waals surface area contributed by atoms with Crippen LogP contribution < -0.4 is 5.32 Å². The van der Waals surface area contributed by atoms with E-state index in [1.807, 2.05) is 36.4 Å². The Morgan fingerprint density at radius 2 is 1.62 bits per heavy atom. The number of rotatable bonds is 8. The van der Waals surface area contributed by atoms with Crippen LogP contribution in [0.4, 0.5) is 0 Å². The highest BCUT2D eigenvalue weighted by molar-refractivity contribution is 6.33. The maximum absolute atomic E-state index is 10.5. The fourth-order valence-corrected chi connectivity index (χ4v) is 3.65. The molecule has 140 valence electrons. The molecule has 0 fully saturated rings. The molecule has 0 aliphatic carbocycles. The van der Waals surface area contributed by atoms with Crippen LogP contribution in [0.5, 0.6) is 0 Å². The number of hydrogen-bond donors (Lipinski definition) is 2. The van der Waals surface area contributed by atoms with Crippen molar-refractivity contribution in [3.8, 4) is 0 Å². The maximum Gasteiger partial charge on any atom is 0.0843 e. The molecule has 3 aromatic rings. The van der Waals surface area contributed by atoms with Crippen molar-refractivity contribution in [3.63, 3.8) is 0 Å². The molecular formula is C20H25Cl2N3O. The van der Waals surface area contributed by atoms with Gasteiger partial charge in [0.05, 0.1) is 12.6 Å². The fraction of sp³-hybridized carbons (Fsp3) is 0.400. The number of benzene rings is 2. The van der Waals surface area contributed by atoms with Crippen molar-refractivity contribution in [3.05, 3.63) is 46.4 Å². The number of aliphatic hydroxyl groups is 1. The van der Waals surface area contributed by atoms with Gasteiger partial charge in [-0.3, -0.25) is 0 Å². The molecule has 0 amide bonds. The standard InChI is InChI=1S/C20H25Cl2N3O/c1-24(2)9-3-8-23-12-16(26)13-25-19-6-4-14(21)10-17(19)18-11-15(22)5-7-20(18)25/h4-7,10-11,16,23,26H,3,8-9,12-13H2,1-2H3/t16-/m0/s1. The van der Waals surface area contributed by atoms with Gasteiger partial charge < -0.3 is 19.9 Å². The van der Waals surface area contributed by atoms with Gasteiger partial charge in [0.1, 0.15) is 0 Å². The predicted octanol–water partition coefficient (Wildman–Crippen LogP) is 4.00. The van der Waals surface area contributed by atoms with Crippen molar-refractivity contribution in [2.45, 2.75) is 19.1 Å². The monoisotopic (exact) mass is 393 g/mol. The third-order valence-electron chi connectivity index (χ3n) is 4.52. The van der Waals surface area contributed by atoms with Crippen LogP contribution in [-0.2, 0) is 6.54 Å². The first-order valence-electron chi connectivity index (χ1n) is 8.86. The van der Waals surface area contributed by atoms with Crippen LogP contribution >= 0.6 is 23.2 Å². The summed E-state index contributed by atoms with van der Waals surface area (Å²) in [7, 11) is 4.13. The number of fused-ring (bicyclic) bond motifs is 3.